The number of hydrogen-bond donors (Lipinski definition) is 1. The monoisotopic (exact) mass is 251 g/mol. The van der Waals surface area contributed by atoms with Gasteiger partial charge in [0.25, 0.3) is 0 Å². The molecule has 1 aromatic rings. The van der Waals surface area contributed by atoms with Gasteiger partial charge in [-0.3, -0.25) is 0 Å². The Hall–Kier alpha value is -0.650. The molecule has 0 aliphatic rings. The molecule has 0 bridgehead atoms. The van der Waals surface area contributed by atoms with Gasteiger partial charge in [-0.15, -0.1) is 11.6 Å². The van der Waals surface area contributed by atoms with E-state index in [4.69, 9.17) is 11.6 Å². The van der Waals surface area contributed by atoms with Gasteiger partial charge in [-0.25, -0.2) is 17.5 Å². The SMILES string of the molecule is CC(NS(=O)(=O)CCl)c1ccc(F)cc1. The fraction of sp³-hybridized carbons (Fsp3) is 0.333. The van der Waals surface area contributed by atoms with Gasteiger partial charge in [0, 0.05) is 6.04 Å². The van der Waals surface area contributed by atoms with Crippen molar-refractivity contribution in [2.75, 3.05) is 5.21 Å². The molecule has 1 unspecified atom stereocenters. The molecule has 0 aliphatic carbocycles. The maximum atomic E-state index is 12.6. The van der Waals surface area contributed by atoms with Gasteiger partial charge in [0.05, 0.1) is 0 Å². The lowest BCUT2D eigenvalue weighted by Gasteiger charge is -2.12. The zero-order chi connectivity index (χ0) is 11.5. The Bertz CT molecular complexity index is 418. The molecule has 0 aliphatic heterocycles. The molecule has 3 nitrogen and oxygen atoms in total. The molecule has 1 atom stereocenters. The standard InChI is InChI=1S/C9H11ClFNO2S/c1-7(12-15(13,14)6-10)8-2-4-9(11)5-3-8/h2-5,7,12H,6H2,1H3. The molecule has 1 N–H and O–H groups in total. The third kappa shape index (κ3) is 3.77. The number of rotatable bonds is 4. The number of benzene rings is 1. The van der Waals surface area contributed by atoms with Gasteiger partial charge in [0.15, 0.2) is 0 Å². The molecule has 84 valence electrons. The second-order valence-corrected chi connectivity index (χ2v) is 5.45. The van der Waals surface area contributed by atoms with Gasteiger partial charge >= 0.3 is 0 Å². The highest BCUT2D eigenvalue weighted by Gasteiger charge is 2.14. The summed E-state index contributed by atoms with van der Waals surface area (Å²) in [5.74, 6) is -0.355. The number of alkyl halides is 1. The van der Waals surface area contributed by atoms with Crippen LogP contribution in [0.3, 0.4) is 0 Å². The Balaban J connectivity index is 2.78. The molecule has 0 fully saturated rings. The quantitative estimate of drug-likeness (QED) is 0.832. The molecule has 15 heavy (non-hydrogen) atoms. The maximum Gasteiger partial charge on any atom is 0.226 e. The normalized spacial score (nSPS) is 13.8. The van der Waals surface area contributed by atoms with Crippen LogP contribution in [0.1, 0.15) is 18.5 Å². The lowest BCUT2D eigenvalue weighted by atomic mass is 10.1. The number of hydrogen-bond acceptors (Lipinski definition) is 2. The van der Waals surface area contributed by atoms with E-state index in [2.05, 4.69) is 4.72 Å². The minimum Gasteiger partial charge on any atom is -0.211 e. The zero-order valence-corrected chi connectivity index (χ0v) is 9.65. The van der Waals surface area contributed by atoms with Gasteiger partial charge in [0.1, 0.15) is 11.0 Å². The first-order chi connectivity index (χ1) is 6.94. The van der Waals surface area contributed by atoms with Crippen LogP contribution in [0.25, 0.3) is 0 Å². The van der Waals surface area contributed by atoms with Crippen molar-refractivity contribution in [2.45, 2.75) is 13.0 Å². The van der Waals surface area contributed by atoms with Crippen LogP contribution in [-0.2, 0) is 10.0 Å². The van der Waals surface area contributed by atoms with E-state index >= 15 is 0 Å². The van der Waals surface area contributed by atoms with Gasteiger partial charge in [-0.1, -0.05) is 12.1 Å². The van der Waals surface area contributed by atoms with Crippen molar-refractivity contribution >= 4 is 21.6 Å². The molecule has 6 heteroatoms. The van der Waals surface area contributed by atoms with Crippen molar-refractivity contribution in [1.29, 1.82) is 0 Å². The first-order valence-corrected chi connectivity index (χ1v) is 6.45. The van der Waals surface area contributed by atoms with E-state index in [-0.39, 0.29) is 5.82 Å². The van der Waals surface area contributed by atoms with E-state index in [9.17, 15) is 12.8 Å². The molecule has 0 saturated heterocycles. The first-order valence-electron chi connectivity index (χ1n) is 4.26. The summed E-state index contributed by atoms with van der Waals surface area (Å²) in [6.07, 6.45) is 0. The Labute approximate surface area is 93.3 Å². The Morgan fingerprint density at radius 3 is 2.40 bits per heavy atom. The summed E-state index contributed by atoms with van der Waals surface area (Å²) in [7, 11) is -3.46. The first kappa shape index (κ1) is 12.4. The molecule has 0 aromatic heterocycles. The van der Waals surface area contributed by atoms with Crippen LogP contribution < -0.4 is 4.72 Å². The van der Waals surface area contributed by atoms with Crippen LogP contribution in [-0.4, -0.2) is 13.6 Å². The number of nitrogens with one attached hydrogen (secondary N) is 1. The number of sulfonamides is 1. The van der Waals surface area contributed by atoms with Crippen LogP contribution >= 0.6 is 11.6 Å². The van der Waals surface area contributed by atoms with E-state index in [0.29, 0.717) is 5.56 Å². The van der Waals surface area contributed by atoms with E-state index in [1.165, 1.54) is 24.3 Å². The molecule has 0 radical (unpaired) electrons. The van der Waals surface area contributed by atoms with E-state index in [1.54, 1.807) is 6.92 Å². The fourth-order valence-corrected chi connectivity index (χ4v) is 2.05. The van der Waals surface area contributed by atoms with Crippen molar-refractivity contribution in [2.24, 2.45) is 0 Å². The third-order valence-electron chi connectivity index (χ3n) is 1.87. The summed E-state index contributed by atoms with van der Waals surface area (Å²) in [5, 5.41) is -0.488. The molecule has 0 heterocycles. The molecule has 1 rings (SSSR count). The third-order valence-corrected chi connectivity index (χ3v) is 3.73. The average Bonchev–Trinajstić information content (AvgIpc) is 2.18. The Morgan fingerprint density at radius 1 is 1.40 bits per heavy atom. The van der Waals surface area contributed by atoms with Crippen molar-refractivity contribution in [1.82, 2.24) is 4.72 Å². The summed E-state index contributed by atoms with van der Waals surface area (Å²) in [6, 6.07) is 5.18. The summed E-state index contributed by atoms with van der Waals surface area (Å²) < 4.78 is 37.2. The minimum atomic E-state index is -3.46. The van der Waals surface area contributed by atoms with Crippen LogP contribution in [0, 0.1) is 5.82 Å². The Morgan fingerprint density at radius 2 is 1.93 bits per heavy atom. The highest BCUT2D eigenvalue weighted by molar-refractivity contribution is 7.90. The van der Waals surface area contributed by atoms with Crippen LogP contribution in [0.15, 0.2) is 24.3 Å². The number of halogens is 2. The van der Waals surface area contributed by atoms with Crippen molar-refractivity contribution in [3.8, 4) is 0 Å². The van der Waals surface area contributed by atoms with E-state index in [1.807, 2.05) is 0 Å². The lowest BCUT2D eigenvalue weighted by Crippen LogP contribution is -2.27. The largest absolute Gasteiger partial charge is 0.226 e. The topological polar surface area (TPSA) is 46.2 Å². The van der Waals surface area contributed by atoms with Crippen molar-refractivity contribution in [3.05, 3.63) is 35.6 Å². The van der Waals surface area contributed by atoms with Crippen LogP contribution in [0.2, 0.25) is 0 Å². The van der Waals surface area contributed by atoms with Gasteiger partial charge < -0.3 is 0 Å². The minimum absolute atomic E-state index is 0.355. The Kier molecular flexibility index (Phi) is 4.07. The predicted molar refractivity (Wildman–Crippen MR) is 57.6 cm³/mol. The molecule has 1 aromatic carbocycles. The predicted octanol–water partition coefficient (Wildman–Crippen LogP) is 2.00. The van der Waals surface area contributed by atoms with Gasteiger partial charge in [-0.2, -0.15) is 0 Å². The van der Waals surface area contributed by atoms with E-state index < -0.39 is 21.3 Å². The molecule has 0 saturated carbocycles. The molecular formula is C9H11ClFNO2S. The highest BCUT2D eigenvalue weighted by atomic mass is 35.5. The maximum absolute atomic E-state index is 12.6. The average molecular weight is 252 g/mol. The van der Waals surface area contributed by atoms with Crippen molar-refractivity contribution in [3.63, 3.8) is 0 Å². The molecular weight excluding hydrogens is 241 g/mol. The van der Waals surface area contributed by atoms with Crippen molar-refractivity contribution < 1.29 is 12.8 Å². The van der Waals surface area contributed by atoms with Gasteiger partial charge in [0.2, 0.25) is 10.0 Å². The molecule has 0 spiro atoms. The fourth-order valence-electron chi connectivity index (χ4n) is 1.12. The van der Waals surface area contributed by atoms with Crippen LogP contribution in [0.5, 0.6) is 0 Å². The highest BCUT2D eigenvalue weighted by Crippen LogP contribution is 2.14. The summed E-state index contributed by atoms with van der Waals surface area (Å²) in [4.78, 5) is 0. The second-order valence-electron chi connectivity index (χ2n) is 3.11. The summed E-state index contributed by atoms with van der Waals surface area (Å²) in [5.41, 5.74) is 0.685. The molecule has 0 amide bonds. The second kappa shape index (κ2) is 4.92. The smallest absolute Gasteiger partial charge is 0.211 e. The van der Waals surface area contributed by atoms with E-state index in [0.717, 1.165) is 0 Å². The lowest BCUT2D eigenvalue weighted by molar-refractivity contribution is 0.571. The summed E-state index contributed by atoms with van der Waals surface area (Å²) in [6.45, 7) is 1.66. The van der Waals surface area contributed by atoms with Crippen LogP contribution in [0.4, 0.5) is 4.39 Å². The van der Waals surface area contributed by atoms with Gasteiger partial charge in [-0.05, 0) is 24.6 Å². The summed E-state index contributed by atoms with van der Waals surface area (Å²) >= 11 is 5.24. The zero-order valence-electron chi connectivity index (χ0n) is 8.07.